The van der Waals surface area contributed by atoms with Crippen LogP contribution in [0, 0.1) is 0 Å². The molecule has 0 atom stereocenters. The van der Waals surface area contributed by atoms with Gasteiger partial charge in [0.1, 0.15) is 12.9 Å². The van der Waals surface area contributed by atoms with Gasteiger partial charge in [-0.1, -0.05) is 48.5 Å². The van der Waals surface area contributed by atoms with Gasteiger partial charge in [-0.2, -0.15) is 18.3 Å². The minimum absolute atomic E-state index is 0.181. The molecular formula is C22H23BF3N3O2. The fraction of sp³-hybridized carbons (Fsp3) is 0.364. The monoisotopic (exact) mass is 429 g/mol. The molecule has 0 spiro atoms. The molecule has 1 aliphatic heterocycles. The molecule has 1 fully saturated rings. The Morgan fingerprint density at radius 1 is 0.839 bits per heavy atom. The maximum atomic E-state index is 12.7. The fourth-order valence-electron chi connectivity index (χ4n) is 3.40. The van der Waals surface area contributed by atoms with E-state index in [1.54, 1.807) is 12.1 Å². The van der Waals surface area contributed by atoms with Crippen molar-refractivity contribution in [2.45, 2.75) is 51.6 Å². The lowest BCUT2D eigenvalue weighted by molar-refractivity contribution is -0.142. The van der Waals surface area contributed by atoms with E-state index < -0.39 is 31.0 Å². The van der Waals surface area contributed by atoms with Crippen LogP contribution in [0.3, 0.4) is 0 Å². The molecule has 1 aromatic heterocycles. The van der Waals surface area contributed by atoms with Gasteiger partial charge < -0.3 is 9.31 Å². The third-order valence-electron chi connectivity index (χ3n) is 5.86. The van der Waals surface area contributed by atoms with Crippen LogP contribution in [0.1, 0.15) is 27.7 Å². The van der Waals surface area contributed by atoms with E-state index in [0.717, 1.165) is 27.6 Å². The summed E-state index contributed by atoms with van der Waals surface area (Å²) in [4.78, 5) is 3.98. The third kappa shape index (κ3) is 4.38. The molecule has 4 rings (SSSR count). The highest BCUT2D eigenvalue weighted by molar-refractivity contribution is 6.62. The molecule has 0 N–H and O–H groups in total. The summed E-state index contributed by atoms with van der Waals surface area (Å²) in [7, 11) is -0.429. The molecule has 5 nitrogen and oxygen atoms in total. The van der Waals surface area contributed by atoms with Crippen LogP contribution in [0.25, 0.3) is 22.5 Å². The highest BCUT2D eigenvalue weighted by Crippen LogP contribution is 2.36. The number of aromatic nitrogens is 3. The number of hydrogen-bond donors (Lipinski definition) is 0. The number of rotatable bonds is 4. The average molecular weight is 429 g/mol. The summed E-state index contributed by atoms with van der Waals surface area (Å²) in [5.41, 5.74) is 2.60. The van der Waals surface area contributed by atoms with Crippen LogP contribution in [0.2, 0.25) is 0 Å². The van der Waals surface area contributed by atoms with Crippen molar-refractivity contribution in [1.29, 1.82) is 0 Å². The summed E-state index contributed by atoms with van der Waals surface area (Å²) in [6.07, 6.45) is -3.23. The number of hydrogen-bond acceptors (Lipinski definition) is 4. The second-order valence-corrected chi connectivity index (χ2v) is 8.64. The Morgan fingerprint density at radius 3 is 1.84 bits per heavy atom. The zero-order valence-electron chi connectivity index (χ0n) is 17.8. The smallest absolute Gasteiger partial charge is 0.399 e. The molecule has 3 aromatic rings. The van der Waals surface area contributed by atoms with Crippen LogP contribution >= 0.6 is 0 Å². The molecule has 2 heterocycles. The van der Waals surface area contributed by atoms with E-state index in [9.17, 15) is 13.2 Å². The van der Waals surface area contributed by atoms with Crippen molar-refractivity contribution in [3.05, 3.63) is 54.9 Å². The van der Waals surface area contributed by atoms with Crippen molar-refractivity contribution < 1.29 is 22.5 Å². The van der Waals surface area contributed by atoms with Crippen molar-refractivity contribution >= 4 is 12.6 Å². The van der Waals surface area contributed by atoms with Gasteiger partial charge in [-0.05, 0) is 44.3 Å². The summed E-state index contributed by atoms with van der Waals surface area (Å²) >= 11 is 0. The molecule has 0 unspecified atom stereocenters. The summed E-state index contributed by atoms with van der Waals surface area (Å²) in [6, 6.07) is 15.1. The maximum Gasteiger partial charge on any atom is 0.494 e. The van der Waals surface area contributed by atoms with Crippen molar-refractivity contribution in [2.24, 2.45) is 0 Å². The first-order chi connectivity index (χ1) is 14.5. The Hall–Kier alpha value is -2.65. The largest absolute Gasteiger partial charge is 0.494 e. The molecule has 9 heteroatoms. The Labute approximate surface area is 179 Å². The highest BCUT2D eigenvalue weighted by Gasteiger charge is 2.51. The first-order valence-electron chi connectivity index (χ1n) is 9.96. The summed E-state index contributed by atoms with van der Waals surface area (Å²) < 4.78 is 51.2. The molecule has 0 saturated carbocycles. The molecule has 0 radical (unpaired) electrons. The second-order valence-electron chi connectivity index (χ2n) is 8.64. The Bertz CT molecular complexity index is 1040. The lowest BCUT2D eigenvalue weighted by Crippen LogP contribution is -2.41. The normalized spacial score (nSPS) is 17.8. The highest BCUT2D eigenvalue weighted by atomic mass is 19.4. The molecule has 0 aliphatic carbocycles. The maximum absolute atomic E-state index is 12.7. The minimum atomic E-state index is -4.36. The van der Waals surface area contributed by atoms with Crippen LogP contribution in [-0.2, 0) is 15.9 Å². The van der Waals surface area contributed by atoms with E-state index in [0.29, 0.717) is 5.56 Å². The number of halogens is 3. The molecule has 2 aromatic carbocycles. The van der Waals surface area contributed by atoms with E-state index in [1.807, 2.05) is 64.1 Å². The van der Waals surface area contributed by atoms with Gasteiger partial charge >= 0.3 is 13.3 Å². The van der Waals surface area contributed by atoms with E-state index in [2.05, 4.69) is 10.1 Å². The van der Waals surface area contributed by atoms with Gasteiger partial charge in [-0.25, -0.2) is 9.67 Å². The van der Waals surface area contributed by atoms with Crippen LogP contribution in [-0.4, -0.2) is 39.3 Å². The molecule has 31 heavy (non-hydrogen) atoms. The number of benzene rings is 2. The van der Waals surface area contributed by atoms with E-state index in [-0.39, 0.29) is 5.82 Å². The summed E-state index contributed by atoms with van der Waals surface area (Å²) in [5, 5.41) is 3.69. The van der Waals surface area contributed by atoms with E-state index >= 15 is 0 Å². The fourth-order valence-corrected chi connectivity index (χ4v) is 3.40. The van der Waals surface area contributed by atoms with Crippen molar-refractivity contribution in [3.8, 4) is 22.5 Å². The predicted octanol–water partition coefficient (Wildman–Crippen LogP) is 4.47. The molecule has 0 bridgehead atoms. The lowest BCUT2D eigenvalue weighted by Gasteiger charge is -2.32. The minimum Gasteiger partial charge on any atom is -0.399 e. The molecule has 1 aliphatic rings. The molecule has 0 amide bonds. The number of nitrogens with zero attached hydrogens (tertiary/aromatic N) is 3. The average Bonchev–Trinajstić information content (AvgIpc) is 3.22. The van der Waals surface area contributed by atoms with Crippen molar-refractivity contribution in [3.63, 3.8) is 0 Å². The zero-order valence-corrected chi connectivity index (χ0v) is 17.8. The topological polar surface area (TPSA) is 49.2 Å². The quantitative estimate of drug-likeness (QED) is 0.575. The first kappa shape index (κ1) is 21.6. The predicted molar refractivity (Wildman–Crippen MR) is 113 cm³/mol. The van der Waals surface area contributed by atoms with Gasteiger partial charge in [-0.15, -0.1) is 0 Å². The van der Waals surface area contributed by atoms with Gasteiger partial charge in [0.15, 0.2) is 5.82 Å². The Morgan fingerprint density at radius 2 is 1.32 bits per heavy atom. The SMILES string of the molecule is CC1(C)OB(c2ccc(-c3ccc(-c4ncnn4CC(F)(F)F)cc3)cc2)OC1(C)C. The van der Waals surface area contributed by atoms with Crippen molar-refractivity contribution in [2.75, 3.05) is 0 Å². The van der Waals surface area contributed by atoms with E-state index in [1.165, 1.54) is 0 Å². The van der Waals surface area contributed by atoms with Crippen molar-refractivity contribution in [1.82, 2.24) is 14.8 Å². The van der Waals surface area contributed by atoms with Crippen LogP contribution in [0.5, 0.6) is 0 Å². The third-order valence-corrected chi connectivity index (χ3v) is 5.86. The van der Waals surface area contributed by atoms with Gasteiger partial charge in [0.05, 0.1) is 11.2 Å². The zero-order chi connectivity index (χ0) is 22.4. The molecule has 1 saturated heterocycles. The number of alkyl halides is 3. The lowest BCUT2D eigenvalue weighted by atomic mass is 9.78. The molecule has 162 valence electrons. The summed E-state index contributed by atoms with van der Waals surface area (Å²) in [5.74, 6) is 0.181. The van der Waals surface area contributed by atoms with Crippen LogP contribution in [0.15, 0.2) is 54.9 Å². The van der Waals surface area contributed by atoms with Gasteiger partial charge in [0.25, 0.3) is 0 Å². The van der Waals surface area contributed by atoms with E-state index in [4.69, 9.17) is 9.31 Å². The van der Waals surface area contributed by atoms with Gasteiger partial charge in [0.2, 0.25) is 0 Å². The molecular weight excluding hydrogens is 406 g/mol. The Kier molecular flexibility index (Phi) is 5.22. The van der Waals surface area contributed by atoms with Gasteiger partial charge in [-0.3, -0.25) is 0 Å². The second kappa shape index (κ2) is 7.49. The standard InChI is InChI=1S/C22H23BF3N3O2/c1-20(2)21(3,4)31-23(30-20)18-11-9-16(10-12-18)15-5-7-17(8-6-15)19-27-14-28-29(19)13-22(24,25)26/h5-12,14H,13H2,1-4H3. The summed E-state index contributed by atoms with van der Waals surface area (Å²) in [6.45, 7) is 6.87. The van der Waals surface area contributed by atoms with Gasteiger partial charge in [0, 0.05) is 5.56 Å². The first-order valence-corrected chi connectivity index (χ1v) is 9.96. The van der Waals surface area contributed by atoms with Crippen LogP contribution < -0.4 is 5.46 Å². The Balaban J connectivity index is 1.51. The van der Waals surface area contributed by atoms with Crippen LogP contribution in [0.4, 0.5) is 13.2 Å².